The fourth-order valence-corrected chi connectivity index (χ4v) is 3.31. The summed E-state index contributed by atoms with van der Waals surface area (Å²) in [7, 11) is 0. The molecule has 21 heavy (non-hydrogen) atoms. The van der Waals surface area contributed by atoms with Crippen LogP contribution in [0.3, 0.4) is 0 Å². The van der Waals surface area contributed by atoms with Gasteiger partial charge in [0, 0.05) is 11.4 Å². The lowest BCUT2D eigenvalue weighted by Crippen LogP contribution is -2.22. The van der Waals surface area contributed by atoms with E-state index in [4.69, 9.17) is 5.11 Å². The van der Waals surface area contributed by atoms with Crippen molar-refractivity contribution in [2.75, 3.05) is 0 Å². The van der Waals surface area contributed by atoms with E-state index >= 15 is 0 Å². The second-order valence-electron chi connectivity index (χ2n) is 5.56. The second kappa shape index (κ2) is 6.41. The predicted molar refractivity (Wildman–Crippen MR) is 84.6 cm³/mol. The van der Waals surface area contributed by atoms with Crippen molar-refractivity contribution < 1.29 is 9.90 Å². The molecule has 2 N–H and O–H groups in total. The average molecular weight is 301 g/mol. The van der Waals surface area contributed by atoms with Crippen molar-refractivity contribution in [3.63, 3.8) is 0 Å². The predicted octanol–water partition coefficient (Wildman–Crippen LogP) is 3.93. The molecule has 1 aromatic carbocycles. The van der Waals surface area contributed by atoms with Gasteiger partial charge in [0.1, 0.15) is 0 Å². The van der Waals surface area contributed by atoms with Crippen LogP contribution in [0, 0.1) is 0 Å². The molecule has 0 saturated heterocycles. The fourth-order valence-electron chi connectivity index (χ4n) is 2.50. The number of rotatable bonds is 7. The van der Waals surface area contributed by atoms with Crippen LogP contribution in [0.25, 0.3) is 0 Å². The van der Waals surface area contributed by atoms with Gasteiger partial charge < -0.3 is 10.4 Å². The van der Waals surface area contributed by atoms with Crippen molar-refractivity contribution in [3.05, 3.63) is 57.8 Å². The van der Waals surface area contributed by atoms with Gasteiger partial charge in [-0.15, -0.1) is 11.3 Å². The van der Waals surface area contributed by atoms with Gasteiger partial charge in [-0.3, -0.25) is 4.79 Å². The molecule has 110 valence electrons. The number of nitrogens with one attached hydrogen (secondary N) is 1. The van der Waals surface area contributed by atoms with E-state index in [1.807, 2.05) is 17.5 Å². The van der Waals surface area contributed by atoms with Crippen molar-refractivity contribution in [3.8, 4) is 0 Å². The molecule has 1 aromatic heterocycles. The number of hydrogen-bond acceptors (Lipinski definition) is 3. The summed E-state index contributed by atoms with van der Waals surface area (Å²) in [6.07, 6.45) is 2.74. The first-order valence-electron chi connectivity index (χ1n) is 7.30. The summed E-state index contributed by atoms with van der Waals surface area (Å²) in [6, 6.07) is 12.5. The normalized spacial score (nSPS) is 15.8. The molecule has 4 heteroatoms. The molecule has 2 aromatic rings. The van der Waals surface area contributed by atoms with Crippen molar-refractivity contribution in [2.45, 2.75) is 37.8 Å². The third-order valence-corrected chi connectivity index (χ3v) is 4.83. The number of aliphatic carboxylic acids is 1. The van der Waals surface area contributed by atoms with Gasteiger partial charge in [0.25, 0.3) is 0 Å². The molecule has 0 bridgehead atoms. The van der Waals surface area contributed by atoms with Crippen molar-refractivity contribution in [1.82, 2.24) is 5.32 Å². The third kappa shape index (κ3) is 3.93. The number of carboxylic acids is 1. The van der Waals surface area contributed by atoms with Crippen molar-refractivity contribution in [1.29, 1.82) is 0 Å². The van der Waals surface area contributed by atoms with Gasteiger partial charge in [-0.05, 0) is 41.3 Å². The lowest BCUT2D eigenvalue weighted by atomic mass is 10.1. The molecule has 1 aliphatic rings. The number of carbonyl (C=O) groups is 1. The Morgan fingerprint density at radius 1 is 1.29 bits per heavy atom. The molecular weight excluding hydrogens is 282 g/mol. The van der Waals surface area contributed by atoms with Crippen LogP contribution in [-0.4, -0.2) is 11.1 Å². The van der Waals surface area contributed by atoms with Gasteiger partial charge >= 0.3 is 5.97 Å². The van der Waals surface area contributed by atoms with Gasteiger partial charge in [0.15, 0.2) is 0 Å². The fraction of sp³-hybridized carbons (Fsp3) is 0.353. The SMILES string of the molecule is O=C(O)CC(NCc1ccc(C2CC2)cc1)c1cccs1. The summed E-state index contributed by atoms with van der Waals surface area (Å²) in [5, 5.41) is 14.4. The minimum Gasteiger partial charge on any atom is -0.481 e. The number of thiophene rings is 1. The summed E-state index contributed by atoms with van der Waals surface area (Å²) in [5.41, 5.74) is 2.63. The summed E-state index contributed by atoms with van der Waals surface area (Å²) < 4.78 is 0. The van der Waals surface area contributed by atoms with Gasteiger partial charge in [-0.2, -0.15) is 0 Å². The monoisotopic (exact) mass is 301 g/mol. The maximum Gasteiger partial charge on any atom is 0.305 e. The van der Waals surface area contributed by atoms with E-state index in [9.17, 15) is 4.79 Å². The molecule has 0 aliphatic heterocycles. The van der Waals surface area contributed by atoms with E-state index in [0.717, 1.165) is 10.8 Å². The van der Waals surface area contributed by atoms with E-state index < -0.39 is 5.97 Å². The quantitative estimate of drug-likeness (QED) is 0.814. The molecule has 0 radical (unpaired) electrons. The molecule has 3 rings (SSSR count). The molecule has 1 fully saturated rings. The van der Waals surface area contributed by atoms with Gasteiger partial charge in [-0.1, -0.05) is 30.3 Å². The minimum atomic E-state index is -0.773. The van der Waals surface area contributed by atoms with Crippen LogP contribution in [0.5, 0.6) is 0 Å². The highest BCUT2D eigenvalue weighted by Crippen LogP contribution is 2.39. The summed E-state index contributed by atoms with van der Waals surface area (Å²) in [4.78, 5) is 12.1. The summed E-state index contributed by atoms with van der Waals surface area (Å²) >= 11 is 1.60. The number of benzene rings is 1. The first kappa shape index (κ1) is 14.3. The Labute approximate surface area is 128 Å². The van der Waals surface area contributed by atoms with Gasteiger partial charge in [0.05, 0.1) is 12.5 Å². The number of carboxylic acid groups (broad SMARTS) is 1. The highest BCUT2D eigenvalue weighted by molar-refractivity contribution is 7.10. The third-order valence-electron chi connectivity index (χ3n) is 3.85. The standard InChI is InChI=1S/C17H19NO2S/c19-17(20)10-15(16-2-1-9-21-16)18-11-12-3-5-13(6-4-12)14-7-8-14/h1-6,9,14-15,18H,7-8,10-11H2,(H,19,20). The van der Waals surface area contributed by atoms with Gasteiger partial charge in [-0.25, -0.2) is 0 Å². The molecule has 0 amide bonds. The van der Waals surface area contributed by atoms with Crippen LogP contribution < -0.4 is 5.32 Å². The van der Waals surface area contributed by atoms with Crippen LogP contribution >= 0.6 is 11.3 Å². The Morgan fingerprint density at radius 2 is 2.05 bits per heavy atom. The maximum absolute atomic E-state index is 11.0. The van der Waals surface area contributed by atoms with Crippen LogP contribution in [0.4, 0.5) is 0 Å². The Morgan fingerprint density at radius 3 is 2.62 bits per heavy atom. The zero-order chi connectivity index (χ0) is 14.7. The molecule has 1 atom stereocenters. The zero-order valence-corrected chi connectivity index (χ0v) is 12.6. The molecule has 3 nitrogen and oxygen atoms in total. The van der Waals surface area contributed by atoms with Crippen LogP contribution in [0.1, 0.15) is 47.2 Å². The van der Waals surface area contributed by atoms with Gasteiger partial charge in [0.2, 0.25) is 0 Å². The molecule has 0 spiro atoms. The average Bonchev–Trinajstić information content (AvgIpc) is 3.18. The highest BCUT2D eigenvalue weighted by Gasteiger charge is 2.23. The van der Waals surface area contributed by atoms with Crippen LogP contribution in [0.15, 0.2) is 41.8 Å². The van der Waals surface area contributed by atoms with E-state index in [2.05, 4.69) is 29.6 Å². The van der Waals surface area contributed by atoms with E-state index in [-0.39, 0.29) is 12.5 Å². The molecule has 1 unspecified atom stereocenters. The second-order valence-corrected chi connectivity index (χ2v) is 6.54. The highest BCUT2D eigenvalue weighted by atomic mass is 32.1. The largest absolute Gasteiger partial charge is 0.481 e. The topological polar surface area (TPSA) is 49.3 Å². The number of hydrogen-bond donors (Lipinski definition) is 2. The lowest BCUT2D eigenvalue weighted by Gasteiger charge is -2.15. The molecular formula is C17H19NO2S. The Hall–Kier alpha value is -1.65. The molecule has 1 aliphatic carbocycles. The van der Waals surface area contributed by atoms with Crippen LogP contribution in [-0.2, 0) is 11.3 Å². The maximum atomic E-state index is 11.0. The zero-order valence-electron chi connectivity index (χ0n) is 11.8. The summed E-state index contributed by atoms with van der Waals surface area (Å²) in [5.74, 6) is 0.00266. The first-order chi connectivity index (χ1) is 10.2. The first-order valence-corrected chi connectivity index (χ1v) is 8.18. The van der Waals surface area contributed by atoms with E-state index in [0.29, 0.717) is 6.54 Å². The lowest BCUT2D eigenvalue weighted by molar-refractivity contribution is -0.137. The Kier molecular flexibility index (Phi) is 4.36. The Balaban J connectivity index is 1.61. The van der Waals surface area contributed by atoms with E-state index in [1.54, 1.807) is 11.3 Å². The van der Waals surface area contributed by atoms with Crippen molar-refractivity contribution >= 4 is 17.3 Å². The minimum absolute atomic E-state index is 0.112. The van der Waals surface area contributed by atoms with E-state index in [1.165, 1.54) is 24.0 Å². The molecule has 1 saturated carbocycles. The molecule has 1 heterocycles. The van der Waals surface area contributed by atoms with Crippen LogP contribution in [0.2, 0.25) is 0 Å². The Bertz CT molecular complexity index is 588. The smallest absolute Gasteiger partial charge is 0.305 e. The van der Waals surface area contributed by atoms with Crippen molar-refractivity contribution in [2.24, 2.45) is 0 Å². The summed E-state index contributed by atoms with van der Waals surface area (Å²) in [6.45, 7) is 0.695.